The van der Waals surface area contributed by atoms with Crippen molar-refractivity contribution in [1.82, 2.24) is 4.57 Å². The van der Waals surface area contributed by atoms with Crippen LogP contribution < -0.4 is 4.74 Å². The lowest BCUT2D eigenvalue weighted by Gasteiger charge is -2.05. The van der Waals surface area contributed by atoms with Gasteiger partial charge in [-0.05, 0) is 47.5 Å². The fourth-order valence-corrected chi connectivity index (χ4v) is 2.75. The first-order valence-corrected chi connectivity index (χ1v) is 5.65. The Morgan fingerprint density at radius 3 is 2.53 bits per heavy atom. The molecule has 0 atom stereocenters. The zero-order valence-electron chi connectivity index (χ0n) is 9.39. The Morgan fingerprint density at radius 1 is 1.27 bits per heavy atom. The van der Waals surface area contributed by atoms with Crippen LogP contribution in [0.1, 0.15) is 11.3 Å². The maximum atomic E-state index is 5.30. The molecule has 0 fully saturated rings. The topological polar surface area (TPSA) is 14.2 Å². The fraction of sp³-hybridized carbons (Fsp3) is 0.333. The maximum Gasteiger partial charge on any atom is 0.133 e. The molecule has 1 aromatic heterocycles. The maximum absolute atomic E-state index is 5.30. The average molecular weight is 268 g/mol. The second kappa shape index (κ2) is 3.56. The Bertz CT molecular complexity index is 528. The van der Waals surface area contributed by atoms with Crippen molar-refractivity contribution < 1.29 is 4.74 Å². The second-order valence-corrected chi connectivity index (χ2v) is 4.54. The Hall–Kier alpha value is -0.960. The number of fused-ring (bicyclic) bond motifs is 1. The molecule has 15 heavy (non-hydrogen) atoms. The number of aryl methyl sites for hydroxylation is 2. The first kappa shape index (κ1) is 10.6. The molecule has 2 nitrogen and oxygen atoms in total. The van der Waals surface area contributed by atoms with E-state index in [1.165, 1.54) is 22.2 Å². The Labute approximate surface area is 98.0 Å². The van der Waals surface area contributed by atoms with Crippen LogP contribution in [0.15, 0.2) is 16.6 Å². The van der Waals surface area contributed by atoms with Crippen LogP contribution in [0, 0.1) is 13.8 Å². The van der Waals surface area contributed by atoms with Crippen LogP contribution in [-0.2, 0) is 7.05 Å². The number of methoxy groups -OCH3 is 1. The molecule has 0 saturated heterocycles. The Kier molecular flexibility index (Phi) is 2.51. The summed E-state index contributed by atoms with van der Waals surface area (Å²) in [5.74, 6) is 0.885. The molecule has 0 saturated carbocycles. The molecular weight excluding hydrogens is 254 g/mol. The normalized spacial score (nSPS) is 11.0. The van der Waals surface area contributed by atoms with Crippen LogP contribution in [0.4, 0.5) is 0 Å². The summed E-state index contributed by atoms with van der Waals surface area (Å²) in [7, 11) is 3.78. The van der Waals surface area contributed by atoms with Gasteiger partial charge in [-0.15, -0.1) is 0 Å². The minimum atomic E-state index is 0.885. The number of aromatic nitrogens is 1. The summed E-state index contributed by atoms with van der Waals surface area (Å²) in [4.78, 5) is 0. The number of halogens is 1. The molecule has 1 heterocycles. The predicted octanol–water partition coefficient (Wildman–Crippen LogP) is 3.57. The van der Waals surface area contributed by atoms with Gasteiger partial charge in [0.05, 0.1) is 11.6 Å². The molecule has 80 valence electrons. The summed E-state index contributed by atoms with van der Waals surface area (Å²) < 4.78 is 8.55. The highest BCUT2D eigenvalue weighted by atomic mass is 79.9. The average Bonchev–Trinajstić information content (AvgIpc) is 2.45. The summed E-state index contributed by atoms with van der Waals surface area (Å²) >= 11 is 3.60. The van der Waals surface area contributed by atoms with E-state index >= 15 is 0 Å². The van der Waals surface area contributed by atoms with Crippen LogP contribution in [-0.4, -0.2) is 11.7 Å². The van der Waals surface area contributed by atoms with Crippen LogP contribution in [0.5, 0.6) is 5.75 Å². The summed E-state index contributed by atoms with van der Waals surface area (Å²) in [5, 5.41) is 1.24. The largest absolute Gasteiger partial charge is 0.496 e. The van der Waals surface area contributed by atoms with Crippen molar-refractivity contribution in [1.29, 1.82) is 0 Å². The van der Waals surface area contributed by atoms with Gasteiger partial charge in [-0.25, -0.2) is 0 Å². The lowest BCUT2D eigenvalue weighted by molar-refractivity contribution is 0.413. The summed E-state index contributed by atoms with van der Waals surface area (Å²) in [6, 6.07) is 4.09. The monoisotopic (exact) mass is 267 g/mol. The smallest absolute Gasteiger partial charge is 0.133 e. The molecular formula is C12H14BrNO. The van der Waals surface area contributed by atoms with E-state index in [9.17, 15) is 0 Å². The molecule has 0 amide bonds. The van der Waals surface area contributed by atoms with Gasteiger partial charge in [-0.2, -0.15) is 0 Å². The van der Waals surface area contributed by atoms with E-state index in [1.807, 2.05) is 6.07 Å². The lowest BCUT2D eigenvalue weighted by Crippen LogP contribution is -1.90. The zero-order chi connectivity index (χ0) is 11.2. The van der Waals surface area contributed by atoms with Crippen LogP contribution in [0.2, 0.25) is 0 Å². The van der Waals surface area contributed by atoms with E-state index in [2.05, 4.69) is 47.5 Å². The van der Waals surface area contributed by atoms with Crippen molar-refractivity contribution in [3.63, 3.8) is 0 Å². The van der Waals surface area contributed by atoms with Crippen LogP contribution in [0.3, 0.4) is 0 Å². The lowest BCUT2D eigenvalue weighted by atomic mass is 10.1. The van der Waals surface area contributed by atoms with E-state index in [4.69, 9.17) is 4.74 Å². The summed E-state index contributed by atoms with van der Waals surface area (Å²) in [6.45, 7) is 4.27. The van der Waals surface area contributed by atoms with Crippen LogP contribution in [0.25, 0.3) is 10.9 Å². The van der Waals surface area contributed by atoms with Crippen molar-refractivity contribution in [3.8, 4) is 5.75 Å². The third-order valence-electron chi connectivity index (χ3n) is 3.09. The zero-order valence-corrected chi connectivity index (χ0v) is 11.0. The number of hydrogen-bond acceptors (Lipinski definition) is 1. The van der Waals surface area contributed by atoms with Gasteiger partial charge in [0, 0.05) is 23.6 Å². The summed E-state index contributed by atoms with van der Waals surface area (Å²) in [6.07, 6.45) is 0. The van der Waals surface area contributed by atoms with Crippen molar-refractivity contribution in [2.24, 2.45) is 7.05 Å². The van der Waals surface area contributed by atoms with Gasteiger partial charge in [0.2, 0.25) is 0 Å². The number of rotatable bonds is 1. The van der Waals surface area contributed by atoms with Gasteiger partial charge in [0.15, 0.2) is 0 Å². The van der Waals surface area contributed by atoms with E-state index < -0.39 is 0 Å². The molecule has 2 aromatic rings. The molecule has 0 aliphatic rings. The van der Waals surface area contributed by atoms with E-state index in [0.29, 0.717) is 0 Å². The number of ether oxygens (including phenoxy) is 1. The Morgan fingerprint density at radius 2 is 1.93 bits per heavy atom. The highest BCUT2D eigenvalue weighted by Gasteiger charge is 2.13. The molecule has 0 unspecified atom stereocenters. The van der Waals surface area contributed by atoms with Crippen LogP contribution >= 0.6 is 15.9 Å². The number of hydrogen-bond donors (Lipinski definition) is 0. The SMILES string of the molecule is COc1ccc2c(c(C)c(C)n2C)c1Br. The molecule has 0 aliphatic carbocycles. The first-order chi connectivity index (χ1) is 7.07. The number of nitrogens with zero attached hydrogens (tertiary/aromatic N) is 1. The highest BCUT2D eigenvalue weighted by molar-refractivity contribution is 9.10. The van der Waals surface area contributed by atoms with Gasteiger partial charge in [0.1, 0.15) is 5.75 Å². The van der Waals surface area contributed by atoms with Crippen molar-refractivity contribution in [2.45, 2.75) is 13.8 Å². The van der Waals surface area contributed by atoms with E-state index in [0.717, 1.165) is 10.2 Å². The van der Waals surface area contributed by atoms with E-state index in [-0.39, 0.29) is 0 Å². The van der Waals surface area contributed by atoms with Gasteiger partial charge in [-0.3, -0.25) is 0 Å². The van der Waals surface area contributed by atoms with E-state index in [1.54, 1.807) is 7.11 Å². The Balaban J connectivity index is 2.93. The van der Waals surface area contributed by atoms with Gasteiger partial charge in [0.25, 0.3) is 0 Å². The van der Waals surface area contributed by atoms with Gasteiger partial charge >= 0.3 is 0 Å². The van der Waals surface area contributed by atoms with Gasteiger partial charge in [-0.1, -0.05) is 0 Å². The molecule has 1 aromatic carbocycles. The van der Waals surface area contributed by atoms with Crippen molar-refractivity contribution >= 4 is 26.8 Å². The standard InChI is InChI=1S/C12H14BrNO/c1-7-8(2)14(3)9-5-6-10(15-4)12(13)11(7)9/h5-6H,1-4H3. The molecule has 0 radical (unpaired) electrons. The van der Waals surface area contributed by atoms with Crippen molar-refractivity contribution in [2.75, 3.05) is 7.11 Å². The fourth-order valence-electron chi connectivity index (χ4n) is 1.95. The quantitative estimate of drug-likeness (QED) is 0.771. The minimum absolute atomic E-state index is 0.885. The highest BCUT2D eigenvalue weighted by Crippen LogP contribution is 2.36. The molecule has 0 N–H and O–H groups in total. The molecule has 0 aliphatic heterocycles. The second-order valence-electron chi connectivity index (χ2n) is 3.75. The molecule has 0 spiro atoms. The predicted molar refractivity (Wildman–Crippen MR) is 66.6 cm³/mol. The van der Waals surface area contributed by atoms with Crippen molar-refractivity contribution in [3.05, 3.63) is 27.9 Å². The number of benzene rings is 1. The first-order valence-electron chi connectivity index (χ1n) is 4.86. The molecule has 2 rings (SSSR count). The third kappa shape index (κ3) is 1.37. The molecule has 0 bridgehead atoms. The third-order valence-corrected chi connectivity index (χ3v) is 3.87. The molecule has 3 heteroatoms. The van der Waals surface area contributed by atoms with Gasteiger partial charge < -0.3 is 9.30 Å². The summed E-state index contributed by atoms with van der Waals surface area (Å²) in [5.41, 5.74) is 3.83. The minimum Gasteiger partial charge on any atom is -0.496 e.